The number of nitro groups is 1. The molecule has 3 rings (SSSR count). The average molecular weight is 284 g/mol. The predicted octanol–water partition coefficient (Wildman–Crippen LogP) is 3.36. The van der Waals surface area contributed by atoms with Crippen LogP contribution in [-0.4, -0.2) is 21.9 Å². The zero-order chi connectivity index (χ0) is 14.8. The molecular formula is C15H16N4O2. The summed E-state index contributed by atoms with van der Waals surface area (Å²) in [6.45, 7) is 0. The van der Waals surface area contributed by atoms with Gasteiger partial charge in [-0.3, -0.25) is 10.1 Å². The number of nitrogens with zero attached hydrogens (tertiary/aromatic N) is 3. The Hall–Kier alpha value is -2.50. The molecule has 108 valence electrons. The van der Waals surface area contributed by atoms with Crippen molar-refractivity contribution in [1.82, 2.24) is 9.97 Å². The van der Waals surface area contributed by atoms with Crippen molar-refractivity contribution in [3.05, 3.63) is 46.3 Å². The van der Waals surface area contributed by atoms with E-state index < -0.39 is 4.92 Å². The van der Waals surface area contributed by atoms with Gasteiger partial charge in [0.05, 0.1) is 4.92 Å². The fourth-order valence-electron chi connectivity index (χ4n) is 2.72. The Kier molecular flexibility index (Phi) is 3.51. The first-order chi connectivity index (χ1) is 10.2. The number of nitrogens with one attached hydrogen (secondary N) is 1. The minimum absolute atomic E-state index is 0.0632. The molecular weight excluding hydrogens is 268 g/mol. The summed E-state index contributed by atoms with van der Waals surface area (Å²) in [6.07, 6.45) is 4.85. The second-order valence-electron chi connectivity index (χ2n) is 5.14. The molecule has 1 aliphatic rings. The van der Waals surface area contributed by atoms with E-state index in [2.05, 4.69) is 15.3 Å². The van der Waals surface area contributed by atoms with Crippen molar-refractivity contribution >= 4 is 11.5 Å². The quantitative estimate of drug-likeness (QED) is 0.687. The molecule has 0 aliphatic heterocycles. The fraction of sp³-hybridized carbons (Fsp3) is 0.333. The fourth-order valence-corrected chi connectivity index (χ4v) is 2.72. The molecule has 0 bridgehead atoms. The minimum atomic E-state index is -0.418. The van der Waals surface area contributed by atoms with E-state index in [0.29, 0.717) is 11.6 Å². The van der Waals surface area contributed by atoms with E-state index >= 15 is 0 Å². The normalized spacial score (nSPS) is 14.5. The Bertz CT molecular complexity index is 683. The molecule has 21 heavy (non-hydrogen) atoms. The van der Waals surface area contributed by atoms with Gasteiger partial charge < -0.3 is 5.32 Å². The largest absolute Gasteiger partial charge is 0.367 e. The summed E-state index contributed by atoms with van der Waals surface area (Å²) in [5.41, 5.74) is 2.31. The van der Waals surface area contributed by atoms with Crippen LogP contribution in [0.4, 0.5) is 11.5 Å². The lowest BCUT2D eigenvalue weighted by atomic mass is 9.77. The molecule has 1 fully saturated rings. The van der Waals surface area contributed by atoms with Crippen LogP contribution >= 0.6 is 0 Å². The maximum Gasteiger partial charge on any atom is 0.337 e. The number of rotatable bonds is 4. The summed E-state index contributed by atoms with van der Waals surface area (Å²) in [5.74, 6) is 0.724. The third-order valence-corrected chi connectivity index (χ3v) is 4.00. The number of anilines is 1. The number of aromatic nitrogens is 2. The van der Waals surface area contributed by atoms with Crippen LogP contribution in [0.15, 0.2) is 30.6 Å². The highest BCUT2D eigenvalue weighted by Crippen LogP contribution is 2.43. The van der Waals surface area contributed by atoms with Crippen LogP contribution < -0.4 is 5.32 Å². The molecule has 6 heteroatoms. The lowest BCUT2D eigenvalue weighted by Gasteiger charge is -2.27. The van der Waals surface area contributed by atoms with Gasteiger partial charge in [-0.15, -0.1) is 0 Å². The molecule has 0 unspecified atom stereocenters. The van der Waals surface area contributed by atoms with E-state index in [1.165, 1.54) is 12.7 Å². The van der Waals surface area contributed by atoms with Crippen LogP contribution in [0.25, 0.3) is 11.3 Å². The Labute approximate surface area is 122 Å². The highest BCUT2D eigenvalue weighted by Gasteiger charge is 2.28. The van der Waals surface area contributed by atoms with Gasteiger partial charge in [0.2, 0.25) is 5.82 Å². The van der Waals surface area contributed by atoms with E-state index in [4.69, 9.17) is 0 Å². The number of hydrogen-bond acceptors (Lipinski definition) is 5. The molecule has 2 aromatic rings. The smallest absolute Gasteiger partial charge is 0.337 e. The standard InChI is InChI=1S/C15H16N4O2/c1-16-15-14(19(20)21)13(17-9-18-15)12-8-3-2-7-11(12)10-5-4-6-10/h2-3,7-10H,4-6H2,1H3,(H,16,17,18). The Morgan fingerprint density at radius 3 is 2.67 bits per heavy atom. The summed E-state index contributed by atoms with van der Waals surface area (Å²) in [5, 5.41) is 14.2. The van der Waals surface area contributed by atoms with Gasteiger partial charge in [0.25, 0.3) is 0 Å². The van der Waals surface area contributed by atoms with Crippen molar-refractivity contribution in [2.45, 2.75) is 25.2 Å². The van der Waals surface area contributed by atoms with Crippen LogP contribution in [0.1, 0.15) is 30.7 Å². The second kappa shape index (κ2) is 5.47. The number of benzene rings is 1. The first kappa shape index (κ1) is 13.5. The summed E-state index contributed by atoms with van der Waals surface area (Å²) in [7, 11) is 1.62. The summed E-state index contributed by atoms with van der Waals surface area (Å²) in [4.78, 5) is 19.1. The third-order valence-electron chi connectivity index (χ3n) is 4.00. The highest BCUT2D eigenvalue weighted by molar-refractivity contribution is 5.78. The van der Waals surface area contributed by atoms with Gasteiger partial charge in [-0.25, -0.2) is 9.97 Å². The second-order valence-corrected chi connectivity index (χ2v) is 5.14. The van der Waals surface area contributed by atoms with Crippen LogP contribution in [0, 0.1) is 10.1 Å². The van der Waals surface area contributed by atoms with Crippen LogP contribution in [0.5, 0.6) is 0 Å². The zero-order valence-corrected chi connectivity index (χ0v) is 11.7. The van der Waals surface area contributed by atoms with Gasteiger partial charge in [0.1, 0.15) is 6.33 Å². The van der Waals surface area contributed by atoms with Crippen molar-refractivity contribution in [3.63, 3.8) is 0 Å². The maximum absolute atomic E-state index is 11.4. The van der Waals surface area contributed by atoms with Gasteiger partial charge in [0, 0.05) is 12.6 Å². The summed E-state index contributed by atoms with van der Waals surface area (Å²) >= 11 is 0. The van der Waals surface area contributed by atoms with E-state index in [9.17, 15) is 10.1 Å². The Balaban J connectivity index is 2.19. The SMILES string of the molecule is CNc1ncnc(-c2ccccc2C2CCC2)c1[N+](=O)[O-]. The average Bonchev–Trinajstić information content (AvgIpc) is 2.45. The van der Waals surface area contributed by atoms with Crippen molar-refractivity contribution in [3.8, 4) is 11.3 Å². The van der Waals surface area contributed by atoms with Crippen molar-refractivity contribution in [2.75, 3.05) is 12.4 Å². The minimum Gasteiger partial charge on any atom is -0.367 e. The molecule has 1 aliphatic carbocycles. The molecule has 0 radical (unpaired) electrons. The topological polar surface area (TPSA) is 81.0 Å². The van der Waals surface area contributed by atoms with Crippen molar-refractivity contribution < 1.29 is 4.92 Å². The van der Waals surface area contributed by atoms with E-state index in [0.717, 1.165) is 24.0 Å². The zero-order valence-electron chi connectivity index (χ0n) is 11.7. The van der Waals surface area contributed by atoms with E-state index in [1.54, 1.807) is 7.05 Å². The van der Waals surface area contributed by atoms with E-state index in [-0.39, 0.29) is 11.5 Å². The molecule has 1 saturated carbocycles. The molecule has 0 atom stereocenters. The molecule has 1 N–H and O–H groups in total. The predicted molar refractivity (Wildman–Crippen MR) is 80.3 cm³/mol. The molecule has 1 aromatic heterocycles. The molecule has 6 nitrogen and oxygen atoms in total. The van der Waals surface area contributed by atoms with Gasteiger partial charge >= 0.3 is 5.69 Å². The molecule has 1 heterocycles. The monoisotopic (exact) mass is 284 g/mol. The first-order valence-electron chi connectivity index (χ1n) is 6.98. The van der Waals surface area contributed by atoms with Crippen molar-refractivity contribution in [2.24, 2.45) is 0 Å². The maximum atomic E-state index is 11.4. The third kappa shape index (κ3) is 2.33. The molecule has 0 amide bonds. The molecule has 0 spiro atoms. The van der Waals surface area contributed by atoms with Crippen molar-refractivity contribution in [1.29, 1.82) is 0 Å². The summed E-state index contributed by atoms with van der Waals surface area (Å²) < 4.78 is 0. The lowest BCUT2D eigenvalue weighted by molar-refractivity contribution is -0.383. The lowest BCUT2D eigenvalue weighted by Crippen LogP contribution is -2.11. The van der Waals surface area contributed by atoms with Gasteiger partial charge in [-0.2, -0.15) is 0 Å². The van der Waals surface area contributed by atoms with Crippen LogP contribution in [-0.2, 0) is 0 Å². The first-order valence-corrected chi connectivity index (χ1v) is 6.98. The molecule has 1 aromatic carbocycles. The van der Waals surface area contributed by atoms with Crippen LogP contribution in [0.3, 0.4) is 0 Å². The van der Waals surface area contributed by atoms with Gasteiger partial charge in [0.15, 0.2) is 5.69 Å². The summed E-state index contributed by atoms with van der Waals surface area (Å²) in [6, 6.07) is 7.82. The Morgan fingerprint density at radius 2 is 2.05 bits per heavy atom. The molecule has 0 saturated heterocycles. The highest BCUT2D eigenvalue weighted by atomic mass is 16.6. The Morgan fingerprint density at radius 1 is 1.29 bits per heavy atom. The number of hydrogen-bond donors (Lipinski definition) is 1. The van der Waals surface area contributed by atoms with E-state index in [1.807, 2.05) is 24.3 Å². The van der Waals surface area contributed by atoms with Gasteiger partial charge in [-0.05, 0) is 24.3 Å². The van der Waals surface area contributed by atoms with Gasteiger partial charge in [-0.1, -0.05) is 30.7 Å². The van der Waals surface area contributed by atoms with Crippen LogP contribution in [0.2, 0.25) is 0 Å².